The standard InChI is InChI=1S/C21H25N3O/c1-14-9-19-18(15(2)11-21(3,4)24(19)5)10-16(14)12-22-17-7-8-20(25-6)23-13-17/h7-13H,1-6H3. The Morgan fingerprint density at radius 2 is 1.96 bits per heavy atom. The number of aliphatic imine (C=N–C) groups is 1. The molecule has 130 valence electrons. The van der Waals surface area contributed by atoms with E-state index in [2.05, 4.69) is 67.8 Å². The Labute approximate surface area is 149 Å². The SMILES string of the molecule is COc1ccc(N=Cc2cc3c(cc2C)N(C)C(C)(C)C=C3C)cn1. The predicted molar refractivity (Wildman–Crippen MR) is 105 cm³/mol. The van der Waals surface area contributed by atoms with Gasteiger partial charge in [-0.3, -0.25) is 4.99 Å². The first-order valence-corrected chi connectivity index (χ1v) is 8.44. The molecule has 0 fully saturated rings. The summed E-state index contributed by atoms with van der Waals surface area (Å²) in [6, 6.07) is 8.19. The predicted octanol–water partition coefficient (Wildman–Crippen LogP) is 4.78. The molecular formula is C21H25N3O. The van der Waals surface area contributed by atoms with Gasteiger partial charge in [0.05, 0.1) is 24.5 Å². The molecule has 2 heterocycles. The molecule has 1 aromatic heterocycles. The van der Waals surface area contributed by atoms with Crippen LogP contribution < -0.4 is 9.64 Å². The minimum atomic E-state index is 0.0217. The first-order valence-electron chi connectivity index (χ1n) is 8.44. The largest absolute Gasteiger partial charge is 0.481 e. The summed E-state index contributed by atoms with van der Waals surface area (Å²) in [5, 5.41) is 0. The fourth-order valence-corrected chi connectivity index (χ4v) is 3.17. The van der Waals surface area contributed by atoms with E-state index in [1.807, 2.05) is 18.3 Å². The normalized spacial score (nSPS) is 15.9. The highest BCUT2D eigenvalue weighted by Gasteiger charge is 2.28. The van der Waals surface area contributed by atoms with Gasteiger partial charge in [0.2, 0.25) is 5.88 Å². The smallest absolute Gasteiger partial charge is 0.213 e. The Balaban J connectivity index is 1.96. The second kappa shape index (κ2) is 6.36. The van der Waals surface area contributed by atoms with Crippen LogP contribution >= 0.6 is 0 Å². The summed E-state index contributed by atoms with van der Waals surface area (Å²) in [5.74, 6) is 0.593. The zero-order valence-electron chi connectivity index (χ0n) is 15.8. The summed E-state index contributed by atoms with van der Waals surface area (Å²) in [7, 11) is 3.76. The number of aryl methyl sites for hydroxylation is 1. The maximum absolute atomic E-state index is 5.08. The van der Waals surface area contributed by atoms with Gasteiger partial charge in [-0.25, -0.2) is 4.98 Å². The van der Waals surface area contributed by atoms with Gasteiger partial charge >= 0.3 is 0 Å². The third-order valence-electron chi connectivity index (χ3n) is 4.89. The number of pyridine rings is 1. The molecular weight excluding hydrogens is 310 g/mol. The van der Waals surface area contributed by atoms with E-state index < -0.39 is 0 Å². The highest BCUT2D eigenvalue weighted by molar-refractivity contribution is 5.90. The van der Waals surface area contributed by atoms with E-state index >= 15 is 0 Å². The van der Waals surface area contributed by atoms with Crippen LogP contribution in [-0.4, -0.2) is 30.9 Å². The summed E-state index contributed by atoms with van der Waals surface area (Å²) in [4.78, 5) is 11.1. The molecule has 4 nitrogen and oxygen atoms in total. The highest BCUT2D eigenvalue weighted by atomic mass is 16.5. The number of hydrogen-bond acceptors (Lipinski definition) is 4. The van der Waals surface area contributed by atoms with Crippen LogP contribution in [0, 0.1) is 6.92 Å². The van der Waals surface area contributed by atoms with Gasteiger partial charge in [-0.15, -0.1) is 0 Å². The van der Waals surface area contributed by atoms with Crippen LogP contribution in [0.1, 0.15) is 37.5 Å². The Bertz CT molecular complexity index is 848. The Kier molecular flexibility index (Phi) is 4.38. The Hall–Kier alpha value is -2.62. The zero-order valence-corrected chi connectivity index (χ0v) is 15.8. The van der Waals surface area contributed by atoms with E-state index in [9.17, 15) is 0 Å². The lowest BCUT2D eigenvalue weighted by Crippen LogP contribution is -2.42. The highest BCUT2D eigenvalue weighted by Crippen LogP contribution is 2.39. The number of fused-ring (bicyclic) bond motifs is 1. The lowest BCUT2D eigenvalue weighted by atomic mass is 9.87. The van der Waals surface area contributed by atoms with E-state index in [1.165, 1.54) is 22.4 Å². The van der Waals surface area contributed by atoms with Gasteiger partial charge in [0.15, 0.2) is 0 Å². The quantitative estimate of drug-likeness (QED) is 0.758. The zero-order chi connectivity index (χ0) is 18.2. The molecule has 0 N–H and O–H groups in total. The summed E-state index contributed by atoms with van der Waals surface area (Å²) >= 11 is 0. The first kappa shape index (κ1) is 17.2. The van der Waals surface area contributed by atoms with Gasteiger partial charge in [-0.2, -0.15) is 0 Å². The number of nitrogens with zero attached hydrogens (tertiary/aromatic N) is 3. The van der Waals surface area contributed by atoms with Crippen molar-refractivity contribution in [1.82, 2.24) is 4.98 Å². The van der Waals surface area contributed by atoms with E-state index in [-0.39, 0.29) is 5.54 Å². The number of ether oxygens (including phenoxy) is 1. The fraction of sp³-hybridized carbons (Fsp3) is 0.333. The topological polar surface area (TPSA) is 37.7 Å². The number of rotatable bonds is 3. The van der Waals surface area contributed by atoms with Crippen molar-refractivity contribution in [3.05, 3.63) is 53.2 Å². The van der Waals surface area contributed by atoms with Crippen LogP contribution in [0.15, 0.2) is 41.5 Å². The molecule has 1 aromatic carbocycles. The van der Waals surface area contributed by atoms with Crippen molar-refractivity contribution in [2.45, 2.75) is 33.2 Å². The average molecular weight is 335 g/mol. The molecule has 0 saturated carbocycles. The molecule has 0 spiro atoms. The van der Waals surface area contributed by atoms with Crippen LogP contribution in [-0.2, 0) is 0 Å². The lowest BCUT2D eigenvalue weighted by molar-refractivity contribution is 0.398. The molecule has 0 amide bonds. The number of hydrogen-bond donors (Lipinski definition) is 0. The van der Waals surface area contributed by atoms with Crippen molar-refractivity contribution < 1.29 is 4.74 Å². The lowest BCUT2D eigenvalue weighted by Gasteiger charge is -2.41. The van der Waals surface area contributed by atoms with Gasteiger partial charge in [0, 0.05) is 30.6 Å². The molecule has 2 aromatic rings. The third-order valence-corrected chi connectivity index (χ3v) is 4.89. The van der Waals surface area contributed by atoms with Crippen molar-refractivity contribution in [1.29, 1.82) is 0 Å². The van der Waals surface area contributed by atoms with Crippen molar-refractivity contribution in [3.8, 4) is 5.88 Å². The van der Waals surface area contributed by atoms with Crippen LogP contribution in [0.3, 0.4) is 0 Å². The second-order valence-corrected chi connectivity index (χ2v) is 7.08. The molecule has 1 aliphatic rings. The summed E-state index contributed by atoms with van der Waals surface area (Å²) in [6.07, 6.45) is 5.94. The van der Waals surface area contributed by atoms with Gasteiger partial charge in [-0.05, 0) is 62.6 Å². The minimum absolute atomic E-state index is 0.0217. The third kappa shape index (κ3) is 3.29. The van der Waals surface area contributed by atoms with Crippen molar-refractivity contribution in [2.24, 2.45) is 4.99 Å². The molecule has 0 atom stereocenters. The maximum Gasteiger partial charge on any atom is 0.213 e. The van der Waals surface area contributed by atoms with Gasteiger partial charge in [0.1, 0.15) is 0 Å². The van der Waals surface area contributed by atoms with E-state index in [1.54, 1.807) is 13.3 Å². The minimum Gasteiger partial charge on any atom is -0.481 e. The average Bonchev–Trinajstić information content (AvgIpc) is 2.58. The van der Waals surface area contributed by atoms with Crippen LogP contribution in [0.25, 0.3) is 5.57 Å². The number of methoxy groups -OCH3 is 1. The van der Waals surface area contributed by atoms with E-state index in [0.717, 1.165) is 11.3 Å². The van der Waals surface area contributed by atoms with Gasteiger partial charge in [-0.1, -0.05) is 6.08 Å². The molecule has 0 unspecified atom stereocenters. The van der Waals surface area contributed by atoms with Crippen LogP contribution in [0.5, 0.6) is 5.88 Å². The molecule has 0 saturated heterocycles. The summed E-state index contributed by atoms with van der Waals surface area (Å²) < 4.78 is 5.08. The van der Waals surface area contributed by atoms with Crippen LogP contribution in [0.2, 0.25) is 0 Å². The van der Waals surface area contributed by atoms with Crippen molar-refractivity contribution in [3.63, 3.8) is 0 Å². The molecule has 0 radical (unpaired) electrons. The number of allylic oxidation sites excluding steroid dienone is 1. The Morgan fingerprint density at radius 3 is 2.60 bits per heavy atom. The second-order valence-electron chi connectivity index (χ2n) is 7.08. The maximum atomic E-state index is 5.08. The van der Waals surface area contributed by atoms with Crippen molar-refractivity contribution >= 4 is 23.2 Å². The molecule has 0 bridgehead atoms. The molecule has 25 heavy (non-hydrogen) atoms. The van der Waals surface area contributed by atoms with Crippen LogP contribution in [0.4, 0.5) is 11.4 Å². The van der Waals surface area contributed by atoms with Crippen molar-refractivity contribution in [2.75, 3.05) is 19.1 Å². The summed E-state index contributed by atoms with van der Waals surface area (Å²) in [6.45, 7) is 8.78. The summed E-state index contributed by atoms with van der Waals surface area (Å²) in [5.41, 5.74) is 7.00. The monoisotopic (exact) mass is 335 g/mol. The molecule has 3 rings (SSSR count). The molecule has 1 aliphatic heterocycles. The number of anilines is 1. The van der Waals surface area contributed by atoms with Gasteiger partial charge in [0.25, 0.3) is 0 Å². The van der Waals surface area contributed by atoms with E-state index in [0.29, 0.717) is 5.88 Å². The molecule has 4 heteroatoms. The number of benzene rings is 1. The number of likely N-dealkylation sites (N-methyl/N-ethyl adjacent to an activating group) is 1. The number of aromatic nitrogens is 1. The Morgan fingerprint density at radius 1 is 1.20 bits per heavy atom. The van der Waals surface area contributed by atoms with Gasteiger partial charge < -0.3 is 9.64 Å². The molecule has 0 aliphatic carbocycles. The fourth-order valence-electron chi connectivity index (χ4n) is 3.17. The van der Waals surface area contributed by atoms with E-state index in [4.69, 9.17) is 4.74 Å². The first-order chi connectivity index (χ1) is 11.8.